The lowest BCUT2D eigenvalue weighted by Gasteiger charge is -2.22. The van der Waals surface area contributed by atoms with Gasteiger partial charge in [-0.05, 0) is 19.8 Å². The molecule has 1 atom stereocenters. The smallest absolute Gasteiger partial charge is 0.317 e. The van der Waals surface area contributed by atoms with E-state index in [1.54, 1.807) is 6.92 Å². The van der Waals surface area contributed by atoms with Gasteiger partial charge in [-0.15, -0.1) is 0 Å². The van der Waals surface area contributed by atoms with E-state index in [1.807, 2.05) is 0 Å². The molecule has 0 bridgehead atoms. The Kier molecular flexibility index (Phi) is 3.59. The van der Waals surface area contributed by atoms with E-state index in [9.17, 15) is 9.59 Å². The molecule has 1 heterocycles. The topological polar surface area (TPSA) is 46.6 Å². The third-order valence-electron chi connectivity index (χ3n) is 3.58. The highest BCUT2D eigenvalue weighted by atomic mass is 16.5. The summed E-state index contributed by atoms with van der Waals surface area (Å²) in [6.07, 6.45) is 4.84. The van der Waals surface area contributed by atoms with Gasteiger partial charge in [0.1, 0.15) is 5.92 Å². The van der Waals surface area contributed by atoms with Gasteiger partial charge in [-0.25, -0.2) is 0 Å². The van der Waals surface area contributed by atoms with E-state index in [2.05, 4.69) is 4.90 Å². The molecule has 1 saturated heterocycles. The number of carbonyl (C=O) groups is 2. The number of ether oxygens (including phenoxy) is 1. The molecule has 2 aliphatic rings. The van der Waals surface area contributed by atoms with Crippen molar-refractivity contribution in [3.05, 3.63) is 0 Å². The van der Waals surface area contributed by atoms with Gasteiger partial charge in [0.2, 0.25) is 0 Å². The van der Waals surface area contributed by atoms with E-state index in [0.717, 1.165) is 0 Å². The fraction of sp³-hybridized carbons (Fsp3) is 0.833. The van der Waals surface area contributed by atoms with Gasteiger partial charge >= 0.3 is 5.97 Å². The van der Waals surface area contributed by atoms with Gasteiger partial charge in [0.25, 0.3) is 0 Å². The fourth-order valence-electron chi connectivity index (χ4n) is 2.71. The Balaban J connectivity index is 1.93. The number of esters is 1. The lowest BCUT2D eigenvalue weighted by atomic mass is 10.1. The summed E-state index contributed by atoms with van der Waals surface area (Å²) in [5.41, 5.74) is 0. The summed E-state index contributed by atoms with van der Waals surface area (Å²) < 4.78 is 4.92. The van der Waals surface area contributed by atoms with Crippen LogP contribution in [0.4, 0.5) is 0 Å². The molecule has 2 rings (SSSR count). The monoisotopic (exact) mass is 225 g/mol. The average molecular weight is 225 g/mol. The van der Waals surface area contributed by atoms with Crippen molar-refractivity contribution in [3.8, 4) is 0 Å². The van der Waals surface area contributed by atoms with Gasteiger partial charge in [0, 0.05) is 12.6 Å². The summed E-state index contributed by atoms with van der Waals surface area (Å²) in [7, 11) is 0. The van der Waals surface area contributed by atoms with Crippen LogP contribution in [0.1, 0.15) is 32.6 Å². The van der Waals surface area contributed by atoms with Gasteiger partial charge < -0.3 is 4.74 Å². The van der Waals surface area contributed by atoms with E-state index in [-0.39, 0.29) is 11.8 Å². The largest absolute Gasteiger partial charge is 0.465 e. The van der Waals surface area contributed by atoms with Crippen LogP contribution in [0.25, 0.3) is 0 Å². The second-order valence-electron chi connectivity index (χ2n) is 4.64. The van der Waals surface area contributed by atoms with Crippen molar-refractivity contribution in [1.29, 1.82) is 0 Å². The van der Waals surface area contributed by atoms with Crippen molar-refractivity contribution in [2.45, 2.75) is 38.6 Å². The number of carbonyl (C=O) groups excluding carboxylic acids is 2. The second-order valence-corrected chi connectivity index (χ2v) is 4.64. The molecule has 0 amide bonds. The molecule has 2 fully saturated rings. The number of hydrogen-bond donors (Lipinski definition) is 0. The van der Waals surface area contributed by atoms with Gasteiger partial charge in [0.15, 0.2) is 5.78 Å². The molecule has 0 N–H and O–H groups in total. The van der Waals surface area contributed by atoms with Crippen LogP contribution in [0, 0.1) is 5.92 Å². The molecule has 4 heteroatoms. The van der Waals surface area contributed by atoms with Crippen LogP contribution in [0.15, 0.2) is 0 Å². The first-order valence-corrected chi connectivity index (χ1v) is 6.15. The molecule has 0 aromatic rings. The van der Waals surface area contributed by atoms with Crippen LogP contribution < -0.4 is 0 Å². The summed E-state index contributed by atoms with van der Waals surface area (Å²) in [4.78, 5) is 25.4. The number of likely N-dealkylation sites (tertiary alicyclic amines) is 1. The zero-order valence-electron chi connectivity index (χ0n) is 9.78. The Bertz CT molecular complexity index is 284. The molecular weight excluding hydrogens is 206 g/mol. The maximum Gasteiger partial charge on any atom is 0.317 e. The summed E-state index contributed by atoms with van der Waals surface area (Å²) in [6.45, 7) is 3.13. The maximum atomic E-state index is 11.7. The molecule has 1 saturated carbocycles. The zero-order valence-corrected chi connectivity index (χ0v) is 9.78. The molecule has 0 aromatic carbocycles. The minimum atomic E-state index is -0.527. The molecule has 4 nitrogen and oxygen atoms in total. The Hall–Kier alpha value is -0.900. The lowest BCUT2D eigenvalue weighted by molar-refractivity contribution is -0.149. The van der Waals surface area contributed by atoms with Crippen LogP contribution >= 0.6 is 0 Å². The van der Waals surface area contributed by atoms with E-state index >= 15 is 0 Å². The highest BCUT2D eigenvalue weighted by molar-refractivity contribution is 6.01. The van der Waals surface area contributed by atoms with Crippen molar-refractivity contribution in [3.63, 3.8) is 0 Å². The molecule has 90 valence electrons. The van der Waals surface area contributed by atoms with E-state index in [1.165, 1.54) is 25.7 Å². The second kappa shape index (κ2) is 4.95. The van der Waals surface area contributed by atoms with Crippen molar-refractivity contribution < 1.29 is 14.3 Å². The number of rotatable bonds is 3. The predicted molar refractivity (Wildman–Crippen MR) is 59.0 cm³/mol. The first-order valence-electron chi connectivity index (χ1n) is 6.15. The quantitative estimate of drug-likeness (QED) is 0.531. The van der Waals surface area contributed by atoms with E-state index in [0.29, 0.717) is 25.7 Å². The Labute approximate surface area is 95.9 Å². The third-order valence-corrected chi connectivity index (χ3v) is 3.58. The lowest BCUT2D eigenvalue weighted by Crippen LogP contribution is -2.32. The number of Topliss-reactive ketones (excluding diaryl/α,β-unsaturated/α-hetero) is 1. The molecule has 1 aliphatic carbocycles. The average Bonchev–Trinajstić information content (AvgIpc) is 2.86. The molecule has 0 radical (unpaired) electrons. The van der Waals surface area contributed by atoms with Gasteiger partial charge in [-0.3, -0.25) is 14.5 Å². The van der Waals surface area contributed by atoms with Crippen LogP contribution in [0.3, 0.4) is 0 Å². The number of hydrogen-bond acceptors (Lipinski definition) is 4. The van der Waals surface area contributed by atoms with Crippen molar-refractivity contribution in [1.82, 2.24) is 4.90 Å². The molecule has 1 aliphatic heterocycles. The molecular formula is C12H19NO3. The first kappa shape index (κ1) is 11.6. The van der Waals surface area contributed by atoms with Gasteiger partial charge in [-0.1, -0.05) is 12.8 Å². The summed E-state index contributed by atoms with van der Waals surface area (Å²) >= 11 is 0. The maximum absolute atomic E-state index is 11.7. The summed E-state index contributed by atoms with van der Waals surface area (Å²) in [5.74, 6) is -0.834. The molecule has 1 unspecified atom stereocenters. The predicted octanol–water partition coefficient (Wildman–Crippen LogP) is 0.993. The molecule has 0 aromatic heterocycles. The van der Waals surface area contributed by atoms with Gasteiger partial charge in [0.05, 0.1) is 13.2 Å². The Morgan fingerprint density at radius 1 is 1.44 bits per heavy atom. The van der Waals surface area contributed by atoms with Crippen molar-refractivity contribution >= 4 is 11.8 Å². The van der Waals surface area contributed by atoms with Crippen molar-refractivity contribution in [2.75, 3.05) is 19.7 Å². The summed E-state index contributed by atoms with van der Waals surface area (Å²) in [5, 5.41) is 0. The number of ketones is 1. The van der Waals surface area contributed by atoms with Gasteiger partial charge in [-0.2, -0.15) is 0 Å². The fourth-order valence-corrected chi connectivity index (χ4v) is 2.71. The highest BCUT2D eigenvalue weighted by Gasteiger charge is 2.40. The SMILES string of the molecule is CCOC(=O)C1CN(C2CCCC2)CC1=O. The molecule has 0 spiro atoms. The minimum Gasteiger partial charge on any atom is -0.465 e. The van der Waals surface area contributed by atoms with E-state index in [4.69, 9.17) is 4.74 Å². The Morgan fingerprint density at radius 2 is 2.12 bits per heavy atom. The van der Waals surface area contributed by atoms with E-state index < -0.39 is 5.92 Å². The number of nitrogens with zero attached hydrogens (tertiary/aromatic N) is 1. The van der Waals surface area contributed by atoms with Crippen LogP contribution in [-0.4, -0.2) is 42.4 Å². The normalized spacial score (nSPS) is 27.6. The summed E-state index contributed by atoms with van der Waals surface area (Å²) in [6, 6.07) is 0.517. The van der Waals surface area contributed by atoms with Crippen molar-refractivity contribution in [2.24, 2.45) is 5.92 Å². The highest BCUT2D eigenvalue weighted by Crippen LogP contribution is 2.27. The van der Waals surface area contributed by atoms with Crippen LogP contribution in [0.2, 0.25) is 0 Å². The molecule has 16 heavy (non-hydrogen) atoms. The minimum absolute atomic E-state index is 0.0327. The van der Waals surface area contributed by atoms with Crippen LogP contribution in [0.5, 0.6) is 0 Å². The van der Waals surface area contributed by atoms with Crippen LogP contribution in [-0.2, 0) is 14.3 Å². The third kappa shape index (κ3) is 2.26. The Morgan fingerprint density at radius 3 is 2.75 bits per heavy atom. The zero-order chi connectivity index (χ0) is 11.5. The first-order chi connectivity index (χ1) is 7.72. The standard InChI is InChI=1S/C12H19NO3/c1-2-16-12(15)10-7-13(8-11(10)14)9-5-3-4-6-9/h9-10H,2-8H2,1H3.